The van der Waals surface area contributed by atoms with E-state index in [-0.39, 0.29) is 23.7 Å². The Labute approximate surface area is 217 Å². The maximum absolute atomic E-state index is 13.3. The third-order valence-corrected chi connectivity index (χ3v) is 5.59. The second-order valence-electron chi connectivity index (χ2n) is 9.31. The second kappa shape index (κ2) is 10.2. The molecule has 0 saturated carbocycles. The summed E-state index contributed by atoms with van der Waals surface area (Å²) >= 11 is 0. The molecular weight excluding hydrogens is 490 g/mol. The fourth-order valence-corrected chi connectivity index (χ4v) is 3.73. The fraction of sp³-hybridized carbons (Fsp3) is 0.269. The molecule has 3 heterocycles. The summed E-state index contributed by atoms with van der Waals surface area (Å²) in [7, 11) is 1.30. The van der Waals surface area contributed by atoms with Crippen molar-refractivity contribution in [2.45, 2.75) is 33.1 Å². The van der Waals surface area contributed by atoms with Crippen LogP contribution in [0.4, 0.5) is 11.5 Å². The van der Waals surface area contributed by atoms with Gasteiger partial charge in [0, 0.05) is 18.7 Å². The Hall–Kier alpha value is -4.87. The van der Waals surface area contributed by atoms with Crippen molar-refractivity contribution in [3.8, 4) is 17.4 Å². The molecule has 0 aliphatic rings. The van der Waals surface area contributed by atoms with Crippen LogP contribution in [-0.4, -0.2) is 41.6 Å². The number of azo groups is 1. The Kier molecular flexibility index (Phi) is 7.06. The first-order valence-electron chi connectivity index (χ1n) is 11.8. The van der Waals surface area contributed by atoms with E-state index in [0.29, 0.717) is 11.5 Å². The molecule has 196 valence electrons. The summed E-state index contributed by atoms with van der Waals surface area (Å²) in [5.74, 6) is -1.08. The van der Waals surface area contributed by atoms with Crippen molar-refractivity contribution in [3.63, 3.8) is 0 Å². The number of esters is 1. The highest BCUT2D eigenvalue weighted by atomic mass is 16.5. The zero-order valence-corrected chi connectivity index (χ0v) is 21.6. The maximum atomic E-state index is 13.3. The van der Waals surface area contributed by atoms with E-state index in [2.05, 4.69) is 20.3 Å². The Bertz CT molecular complexity index is 1630. The predicted molar refractivity (Wildman–Crippen MR) is 139 cm³/mol. The minimum absolute atomic E-state index is 0.0430. The van der Waals surface area contributed by atoms with E-state index in [4.69, 9.17) is 4.74 Å². The smallest absolute Gasteiger partial charge is 0.344 e. The van der Waals surface area contributed by atoms with Gasteiger partial charge in [-0.25, -0.2) is 19.1 Å². The third kappa shape index (κ3) is 4.75. The number of ether oxygens (including phenoxy) is 1. The van der Waals surface area contributed by atoms with Crippen molar-refractivity contribution < 1.29 is 14.6 Å². The molecule has 1 aromatic carbocycles. The summed E-state index contributed by atoms with van der Waals surface area (Å²) in [5, 5.41) is 23.5. The number of hydrogen-bond donors (Lipinski definition) is 1. The molecule has 0 amide bonds. The number of hydrogen-bond acceptors (Lipinski definition) is 9. The van der Waals surface area contributed by atoms with E-state index in [1.807, 2.05) is 20.8 Å². The third-order valence-electron chi connectivity index (χ3n) is 5.59. The molecule has 0 radical (unpaired) electrons. The highest BCUT2D eigenvalue weighted by Crippen LogP contribution is 2.35. The second-order valence-corrected chi connectivity index (χ2v) is 9.31. The van der Waals surface area contributed by atoms with Gasteiger partial charge in [0.1, 0.15) is 5.56 Å². The summed E-state index contributed by atoms with van der Waals surface area (Å²) in [6, 6.07) is 13.3. The Balaban J connectivity index is 2.01. The van der Waals surface area contributed by atoms with Crippen molar-refractivity contribution in [2.75, 3.05) is 6.61 Å². The highest BCUT2D eigenvalue weighted by Gasteiger charge is 2.33. The number of pyridine rings is 1. The maximum Gasteiger partial charge on any atom is 0.344 e. The lowest BCUT2D eigenvalue weighted by Crippen LogP contribution is -2.37. The van der Waals surface area contributed by atoms with Gasteiger partial charge in [-0.15, -0.1) is 10.2 Å². The molecule has 0 unspecified atom stereocenters. The molecule has 3 aromatic heterocycles. The molecule has 38 heavy (non-hydrogen) atoms. The topological polar surface area (TPSA) is 146 Å². The van der Waals surface area contributed by atoms with Crippen LogP contribution in [0.3, 0.4) is 0 Å². The van der Waals surface area contributed by atoms with E-state index < -0.39 is 34.2 Å². The van der Waals surface area contributed by atoms with Crippen LogP contribution in [-0.2, 0) is 17.2 Å². The summed E-state index contributed by atoms with van der Waals surface area (Å²) in [5.41, 5.74) is -2.06. The van der Waals surface area contributed by atoms with Gasteiger partial charge in [0.2, 0.25) is 11.6 Å². The normalized spacial score (nSPS) is 11.7. The lowest BCUT2D eigenvalue weighted by Gasteiger charge is -2.16. The molecule has 4 aromatic rings. The van der Waals surface area contributed by atoms with Crippen LogP contribution in [0.1, 0.15) is 43.7 Å². The minimum atomic E-state index is -0.891. The zero-order valence-electron chi connectivity index (χ0n) is 21.6. The standard InChI is InChI=1S/C26H27N7O5/c1-6-38-24(36)18-20(26(2,3)4)30-33(17-14-10-11-15-27-17)21(18)29-28-19-22(34)31(5)25(37)32(23(19)35)16-12-8-7-9-13-16/h7-15,34H,6H2,1-5H3. The van der Waals surface area contributed by atoms with Gasteiger partial charge in [0.25, 0.3) is 5.56 Å². The molecule has 1 N–H and O–H groups in total. The number of benzene rings is 1. The van der Waals surface area contributed by atoms with Crippen LogP contribution in [0.25, 0.3) is 11.5 Å². The van der Waals surface area contributed by atoms with Crippen molar-refractivity contribution in [1.82, 2.24) is 23.9 Å². The summed E-state index contributed by atoms with van der Waals surface area (Å²) in [6.07, 6.45) is 1.55. The van der Waals surface area contributed by atoms with Gasteiger partial charge in [-0.05, 0) is 31.2 Å². The van der Waals surface area contributed by atoms with Gasteiger partial charge in [-0.2, -0.15) is 9.78 Å². The Morgan fingerprint density at radius 1 is 1.05 bits per heavy atom. The van der Waals surface area contributed by atoms with Crippen LogP contribution < -0.4 is 11.2 Å². The van der Waals surface area contributed by atoms with Crippen molar-refractivity contribution in [3.05, 3.63) is 86.8 Å². The van der Waals surface area contributed by atoms with Crippen LogP contribution in [0, 0.1) is 0 Å². The van der Waals surface area contributed by atoms with E-state index in [0.717, 1.165) is 9.13 Å². The number of rotatable bonds is 6. The largest absolute Gasteiger partial charge is 0.493 e. The number of nitrogens with zero attached hydrogens (tertiary/aromatic N) is 7. The lowest BCUT2D eigenvalue weighted by atomic mass is 9.89. The molecule has 12 nitrogen and oxygen atoms in total. The summed E-state index contributed by atoms with van der Waals surface area (Å²) < 4.78 is 8.37. The van der Waals surface area contributed by atoms with Gasteiger partial charge in [0.05, 0.1) is 18.0 Å². The molecule has 0 spiro atoms. The molecule has 0 aliphatic heterocycles. The molecule has 12 heteroatoms. The number of aromatic hydroxyl groups is 1. The summed E-state index contributed by atoms with van der Waals surface area (Å²) in [4.78, 5) is 43.6. The average molecular weight is 518 g/mol. The molecule has 0 fully saturated rings. The van der Waals surface area contributed by atoms with Gasteiger partial charge >= 0.3 is 11.7 Å². The van der Waals surface area contributed by atoms with Gasteiger partial charge in [-0.3, -0.25) is 9.36 Å². The van der Waals surface area contributed by atoms with E-state index in [1.165, 1.54) is 11.7 Å². The number of aromatic nitrogens is 5. The molecule has 0 aliphatic carbocycles. The van der Waals surface area contributed by atoms with Gasteiger partial charge in [-0.1, -0.05) is 45.0 Å². The van der Waals surface area contributed by atoms with E-state index in [1.54, 1.807) is 61.7 Å². The van der Waals surface area contributed by atoms with Gasteiger partial charge < -0.3 is 9.84 Å². The number of para-hydroxylation sites is 1. The van der Waals surface area contributed by atoms with Crippen molar-refractivity contribution >= 4 is 17.5 Å². The molecule has 4 rings (SSSR count). The minimum Gasteiger partial charge on any atom is -0.493 e. The molecule has 0 bridgehead atoms. The van der Waals surface area contributed by atoms with E-state index in [9.17, 15) is 19.5 Å². The Morgan fingerprint density at radius 3 is 2.34 bits per heavy atom. The fourth-order valence-electron chi connectivity index (χ4n) is 3.73. The average Bonchev–Trinajstić information content (AvgIpc) is 3.29. The first kappa shape index (κ1) is 26.2. The monoisotopic (exact) mass is 517 g/mol. The number of carbonyl (C=O) groups excluding carboxylic acids is 1. The lowest BCUT2D eigenvalue weighted by molar-refractivity contribution is 0.0524. The van der Waals surface area contributed by atoms with Crippen molar-refractivity contribution in [1.29, 1.82) is 0 Å². The summed E-state index contributed by atoms with van der Waals surface area (Å²) in [6.45, 7) is 7.40. The quantitative estimate of drug-likeness (QED) is 0.303. The first-order valence-corrected chi connectivity index (χ1v) is 11.8. The number of carbonyl (C=O) groups is 1. The van der Waals surface area contributed by atoms with Crippen LogP contribution in [0.2, 0.25) is 0 Å². The molecule has 0 saturated heterocycles. The first-order chi connectivity index (χ1) is 18.1. The zero-order chi connectivity index (χ0) is 27.6. The van der Waals surface area contributed by atoms with E-state index >= 15 is 0 Å². The van der Waals surface area contributed by atoms with Gasteiger partial charge in [0.15, 0.2) is 11.6 Å². The van der Waals surface area contributed by atoms with Crippen LogP contribution in [0.5, 0.6) is 5.88 Å². The highest BCUT2D eigenvalue weighted by molar-refractivity contribution is 5.96. The van der Waals surface area contributed by atoms with Crippen LogP contribution in [0.15, 0.2) is 74.5 Å². The van der Waals surface area contributed by atoms with Crippen LogP contribution >= 0.6 is 0 Å². The Morgan fingerprint density at radius 2 is 1.74 bits per heavy atom. The van der Waals surface area contributed by atoms with Crippen molar-refractivity contribution in [2.24, 2.45) is 17.3 Å². The molecule has 0 atom stereocenters. The molecular formula is C26H27N7O5. The predicted octanol–water partition coefficient (Wildman–Crippen LogP) is 3.71. The SMILES string of the molecule is CCOC(=O)c1c(C(C)(C)C)nn(-c2ccccn2)c1N=Nc1c(O)n(C)c(=O)n(-c2ccccc2)c1=O.